The summed E-state index contributed by atoms with van der Waals surface area (Å²) in [5, 5.41) is 2.99. The van der Waals surface area contributed by atoms with Crippen LogP contribution in [0, 0.1) is 11.7 Å². The van der Waals surface area contributed by atoms with Crippen LogP contribution in [0.5, 0.6) is 5.75 Å². The van der Waals surface area contributed by atoms with E-state index in [1.54, 1.807) is 11.0 Å². The minimum atomic E-state index is -0.546. The summed E-state index contributed by atoms with van der Waals surface area (Å²) in [4.78, 5) is 27.3. The summed E-state index contributed by atoms with van der Waals surface area (Å²) in [5.74, 6) is -0.745. The summed E-state index contributed by atoms with van der Waals surface area (Å²) >= 11 is 0. The summed E-state index contributed by atoms with van der Waals surface area (Å²) in [6, 6.07) is 4.19. The van der Waals surface area contributed by atoms with Gasteiger partial charge in [0.25, 0.3) is 5.91 Å². The molecule has 1 saturated heterocycles. The molecule has 1 heterocycles. The maximum atomic E-state index is 14.0. The minimum absolute atomic E-state index is 0.0445. The maximum absolute atomic E-state index is 14.0. The predicted molar refractivity (Wildman–Crippen MR) is 92.0 cm³/mol. The Morgan fingerprint density at radius 2 is 2.08 bits per heavy atom. The second-order valence-corrected chi connectivity index (χ2v) is 6.80. The Hall–Kier alpha value is -2.11. The molecule has 5 nitrogen and oxygen atoms in total. The van der Waals surface area contributed by atoms with Crippen LogP contribution in [0.25, 0.3) is 0 Å². The first kappa shape index (κ1) is 17.7. The van der Waals surface area contributed by atoms with E-state index < -0.39 is 5.82 Å². The van der Waals surface area contributed by atoms with Crippen LogP contribution in [-0.4, -0.2) is 43.0 Å². The highest BCUT2D eigenvalue weighted by Gasteiger charge is 2.39. The van der Waals surface area contributed by atoms with Crippen molar-refractivity contribution < 1.29 is 18.7 Å². The van der Waals surface area contributed by atoms with Crippen LogP contribution >= 0.6 is 0 Å². The largest absolute Gasteiger partial charge is 0.494 e. The highest BCUT2D eigenvalue weighted by Crippen LogP contribution is 2.32. The molecule has 1 aliphatic heterocycles. The number of nitrogens with zero attached hydrogens (tertiary/aromatic N) is 1. The zero-order valence-electron chi connectivity index (χ0n) is 14.6. The molecule has 1 saturated carbocycles. The molecule has 1 aromatic rings. The van der Waals surface area contributed by atoms with Crippen LogP contribution in [0.4, 0.5) is 4.39 Å². The van der Waals surface area contributed by atoms with E-state index in [-0.39, 0.29) is 29.5 Å². The molecule has 1 aromatic carbocycles. The van der Waals surface area contributed by atoms with E-state index in [4.69, 9.17) is 4.74 Å². The SMILES string of the molecule is COc1ccc(C(=O)N2CCCCCNC(=O)[C@@H]3CCC[C@@H]32)cc1F. The Balaban J connectivity index is 1.86. The number of carbonyl (C=O) groups is 2. The van der Waals surface area contributed by atoms with Crippen molar-refractivity contribution >= 4 is 11.8 Å². The highest BCUT2D eigenvalue weighted by atomic mass is 19.1. The van der Waals surface area contributed by atoms with Crippen molar-refractivity contribution in [3.05, 3.63) is 29.6 Å². The molecule has 25 heavy (non-hydrogen) atoms. The Labute approximate surface area is 147 Å². The Morgan fingerprint density at radius 1 is 1.24 bits per heavy atom. The number of benzene rings is 1. The Kier molecular flexibility index (Phi) is 5.56. The number of hydrogen-bond acceptors (Lipinski definition) is 3. The molecule has 136 valence electrons. The molecule has 3 rings (SSSR count). The Bertz CT molecular complexity index is 650. The first-order valence-electron chi connectivity index (χ1n) is 9.04. The third-order valence-electron chi connectivity index (χ3n) is 5.25. The molecule has 2 atom stereocenters. The number of nitrogens with one attached hydrogen (secondary N) is 1. The third-order valence-corrected chi connectivity index (χ3v) is 5.25. The normalized spacial score (nSPS) is 24.4. The average Bonchev–Trinajstić information content (AvgIpc) is 3.09. The van der Waals surface area contributed by atoms with E-state index >= 15 is 0 Å². The molecule has 0 unspecified atom stereocenters. The second kappa shape index (κ2) is 7.85. The second-order valence-electron chi connectivity index (χ2n) is 6.80. The zero-order valence-corrected chi connectivity index (χ0v) is 14.6. The van der Waals surface area contributed by atoms with Crippen LogP contribution in [-0.2, 0) is 4.79 Å². The smallest absolute Gasteiger partial charge is 0.254 e. The summed E-state index contributed by atoms with van der Waals surface area (Å²) < 4.78 is 18.9. The molecule has 2 amide bonds. The van der Waals surface area contributed by atoms with Gasteiger partial charge in [-0.25, -0.2) is 4.39 Å². The van der Waals surface area contributed by atoms with Gasteiger partial charge in [-0.15, -0.1) is 0 Å². The molecular weight excluding hydrogens is 323 g/mol. The lowest BCUT2D eigenvalue weighted by Gasteiger charge is -2.33. The molecule has 0 spiro atoms. The molecule has 6 heteroatoms. The summed E-state index contributed by atoms with van der Waals surface area (Å²) in [6.45, 7) is 1.32. The van der Waals surface area contributed by atoms with Gasteiger partial charge in [0, 0.05) is 24.7 Å². The van der Waals surface area contributed by atoms with Crippen molar-refractivity contribution in [1.82, 2.24) is 10.2 Å². The fourth-order valence-electron chi connectivity index (χ4n) is 3.93. The minimum Gasteiger partial charge on any atom is -0.494 e. The number of amides is 2. The number of ether oxygens (including phenoxy) is 1. The quantitative estimate of drug-likeness (QED) is 0.894. The van der Waals surface area contributed by atoms with Crippen LogP contribution in [0.1, 0.15) is 48.9 Å². The lowest BCUT2D eigenvalue weighted by atomic mass is 9.98. The number of methoxy groups -OCH3 is 1. The van der Waals surface area contributed by atoms with Gasteiger partial charge in [0.2, 0.25) is 5.91 Å². The molecule has 1 aliphatic carbocycles. The van der Waals surface area contributed by atoms with Crippen molar-refractivity contribution in [2.75, 3.05) is 20.2 Å². The highest BCUT2D eigenvalue weighted by molar-refractivity contribution is 5.95. The van der Waals surface area contributed by atoms with Crippen LogP contribution in [0.2, 0.25) is 0 Å². The van der Waals surface area contributed by atoms with Gasteiger partial charge in [0.15, 0.2) is 11.6 Å². The van der Waals surface area contributed by atoms with Gasteiger partial charge in [-0.1, -0.05) is 6.42 Å². The van der Waals surface area contributed by atoms with E-state index in [1.807, 2.05) is 0 Å². The average molecular weight is 348 g/mol. The predicted octanol–water partition coefficient (Wildman–Crippen LogP) is 2.75. The van der Waals surface area contributed by atoms with E-state index in [0.29, 0.717) is 18.7 Å². The first-order valence-corrected chi connectivity index (χ1v) is 9.04. The van der Waals surface area contributed by atoms with Gasteiger partial charge in [-0.2, -0.15) is 0 Å². The topological polar surface area (TPSA) is 58.6 Å². The van der Waals surface area contributed by atoms with Gasteiger partial charge in [0.05, 0.1) is 13.0 Å². The monoisotopic (exact) mass is 348 g/mol. The van der Waals surface area contributed by atoms with Gasteiger partial charge >= 0.3 is 0 Å². The zero-order chi connectivity index (χ0) is 17.8. The van der Waals surface area contributed by atoms with Crippen molar-refractivity contribution in [2.24, 2.45) is 5.92 Å². The summed E-state index contributed by atoms with van der Waals surface area (Å²) in [7, 11) is 1.40. The van der Waals surface area contributed by atoms with Gasteiger partial charge < -0.3 is 15.0 Å². The first-order chi connectivity index (χ1) is 12.1. The summed E-state index contributed by atoms with van der Waals surface area (Å²) in [6.07, 6.45) is 5.33. The van der Waals surface area contributed by atoms with Gasteiger partial charge in [-0.3, -0.25) is 9.59 Å². The van der Waals surface area contributed by atoms with Crippen molar-refractivity contribution in [1.29, 1.82) is 0 Å². The fourth-order valence-corrected chi connectivity index (χ4v) is 3.93. The Morgan fingerprint density at radius 3 is 2.84 bits per heavy atom. The molecule has 1 N–H and O–H groups in total. The van der Waals surface area contributed by atoms with E-state index in [2.05, 4.69) is 5.32 Å². The van der Waals surface area contributed by atoms with E-state index in [0.717, 1.165) is 38.5 Å². The molecule has 0 bridgehead atoms. The van der Waals surface area contributed by atoms with Crippen LogP contribution < -0.4 is 10.1 Å². The lowest BCUT2D eigenvalue weighted by molar-refractivity contribution is -0.126. The third kappa shape index (κ3) is 3.78. The number of fused-ring (bicyclic) bond motifs is 1. The van der Waals surface area contributed by atoms with Crippen molar-refractivity contribution in [3.63, 3.8) is 0 Å². The van der Waals surface area contributed by atoms with Gasteiger partial charge in [0.1, 0.15) is 0 Å². The van der Waals surface area contributed by atoms with Crippen molar-refractivity contribution in [3.8, 4) is 5.75 Å². The number of rotatable bonds is 2. The molecular formula is C19H25FN2O3. The number of halogens is 1. The standard InChI is InChI=1S/C19H25FN2O3/c1-25-17-9-8-13(12-15(17)20)19(24)22-11-4-2-3-10-21-18(23)14-6-5-7-16(14)22/h8-9,12,14,16H,2-7,10-11H2,1H3,(H,21,23)/t14-,16+/m1/s1. The summed E-state index contributed by atoms with van der Waals surface area (Å²) in [5.41, 5.74) is 0.307. The lowest BCUT2D eigenvalue weighted by Crippen LogP contribution is -2.48. The van der Waals surface area contributed by atoms with E-state index in [9.17, 15) is 14.0 Å². The van der Waals surface area contributed by atoms with E-state index in [1.165, 1.54) is 19.2 Å². The molecule has 0 aromatic heterocycles. The van der Waals surface area contributed by atoms with Gasteiger partial charge in [-0.05, 0) is 50.3 Å². The maximum Gasteiger partial charge on any atom is 0.254 e. The van der Waals surface area contributed by atoms with Crippen LogP contribution in [0.15, 0.2) is 18.2 Å². The molecule has 2 fully saturated rings. The molecule has 2 aliphatic rings. The number of hydrogen-bond donors (Lipinski definition) is 1. The fraction of sp³-hybridized carbons (Fsp3) is 0.579. The van der Waals surface area contributed by atoms with Crippen molar-refractivity contribution in [2.45, 2.75) is 44.6 Å². The van der Waals surface area contributed by atoms with Crippen LogP contribution in [0.3, 0.4) is 0 Å². The molecule has 0 radical (unpaired) electrons. The number of carbonyl (C=O) groups excluding carboxylic acids is 2.